The maximum absolute atomic E-state index is 13.3. The van der Waals surface area contributed by atoms with E-state index in [0.29, 0.717) is 43.9 Å². The molecule has 0 radical (unpaired) electrons. The Balaban J connectivity index is 1.85. The summed E-state index contributed by atoms with van der Waals surface area (Å²) in [6.45, 7) is 5.86. The molecule has 3 rings (SSSR count). The number of aliphatic hydroxyl groups is 1. The van der Waals surface area contributed by atoms with Crippen LogP contribution < -0.4 is 0 Å². The van der Waals surface area contributed by atoms with E-state index in [1.165, 1.54) is 0 Å². The molecule has 0 aromatic rings. The van der Waals surface area contributed by atoms with E-state index in [1.54, 1.807) is 6.92 Å². The van der Waals surface area contributed by atoms with Crippen LogP contribution in [0.25, 0.3) is 0 Å². The van der Waals surface area contributed by atoms with Crippen LogP contribution in [0.3, 0.4) is 0 Å². The van der Waals surface area contributed by atoms with E-state index in [9.17, 15) is 36.2 Å². The third-order valence-electron chi connectivity index (χ3n) is 8.60. The van der Waals surface area contributed by atoms with Crippen molar-refractivity contribution >= 4 is 5.97 Å². The van der Waals surface area contributed by atoms with E-state index >= 15 is 0 Å². The number of hydrogen-bond donors (Lipinski definition) is 1. The molecule has 0 aliphatic heterocycles. The van der Waals surface area contributed by atoms with Crippen molar-refractivity contribution in [2.45, 2.75) is 96.2 Å². The maximum Gasteiger partial charge on any atom is 0.426 e. The summed E-state index contributed by atoms with van der Waals surface area (Å²) < 4.78 is 85.6. The number of ether oxygens (including phenoxy) is 1. The molecule has 0 amide bonds. The quantitative estimate of drug-likeness (QED) is 0.403. The molecule has 2 bridgehead atoms. The molecular formula is C22H32F6O3. The van der Waals surface area contributed by atoms with Gasteiger partial charge in [0.1, 0.15) is 6.10 Å². The molecule has 3 aliphatic carbocycles. The SMILES string of the molecule is CC1C2CC(C1C)C(C)(C(=O)OC(CC(O)(C(F)(F)F)C(F)(F)F)C1CCCCC1)C2. The second kappa shape index (κ2) is 8.10. The normalized spacial score (nSPS) is 35.9. The van der Waals surface area contributed by atoms with Gasteiger partial charge in [-0.05, 0) is 62.2 Å². The minimum atomic E-state index is -5.93. The molecule has 0 aromatic heterocycles. The summed E-state index contributed by atoms with van der Waals surface area (Å²) >= 11 is 0. The predicted molar refractivity (Wildman–Crippen MR) is 101 cm³/mol. The van der Waals surface area contributed by atoms with Crippen LogP contribution >= 0.6 is 0 Å². The molecular weight excluding hydrogens is 426 g/mol. The first-order chi connectivity index (χ1) is 14.1. The van der Waals surface area contributed by atoms with Gasteiger partial charge in [-0.1, -0.05) is 33.1 Å². The monoisotopic (exact) mass is 458 g/mol. The van der Waals surface area contributed by atoms with Crippen molar-refractivity contribution in [3.63, 3.8) is 0 Å². The fourth-order valence-electron chi connectivity index (χ4n) is 6.36. The molecule has 0 aromatic carbocycles. The van der Waals surface area contributed by atoms with Gasteiger partial charge in [0.05, 0.1) is 5.41 Å². The number of fused-ring (bicyclic) bond motifs is 2. The van der Waals surface area contributed by atoms with Crippen LogP contribution in [0.2, 0.25) is 0 Å². The Hall–Kier alpha value is -0.990. The van der Waals surface area contributed by atoms with E-state index < -0.39 is 47.8 Å². The summed E-state index contributed by atoms with van der Waals surface area (Å²) in [6.07, 6.45) is -11.0. The average Bonchev–Trinajstić information content (AvgIpc) is 3.16. The van der Waals surface area contributed by atoms with Gasteiger partial charge in [0.15, 0.2) is 0 Å². The highest BCUT2D eigenvalue weighted by molar-refractivity contribution is 5.78. The first-order valence-electron chi connectivity index (χ1n) is 11.2. The van der Waals surface area contributed by atoms with Crippen LogP contribution in [0.1, 0.15) is 72.1 Å². The largest absolute Gasteiger partial charge is 0.462 e. The Kier molecular flexibility index (Phi) is 6.44. The summed E-state index contributed by atoms with van der Waals surface area (Å²) in [6, 6.07) is 0. The summed E-state index contributed by atoms with van der Waals surface area (Å²) in [5.74, 6) is -0.412. The van der Waals surface area contributed by atoms with Crippen LogP contribution in [0.5, 0.6) is 0 Å². The number of esters is 1. The van der Waals surface area contributed by atoms with E-state index in [4.69, 9.17) is 4.74 Å². The minimum absolute atomic E-state index is 0.00359. The van der Waals surface area contributed by atoms with Crippen molar-refractivity contribution in [1.82, 2.24) is 0 Å². The van der Waals surface area contributed by atoms with Crippen molar-refractivity contribution in [3.05, 3.63) is 0 Å². The Labute approximate surface area is 178 Å². The second-order valence-corrected chi connectivity index (χ2v) is 10.3. The summed E-state index contributed by atoms with van der Waals surface area (Å²) in [5, 5.41) is 9.77. The van der Waals surface area contributed by atoms with Gasteiger partial charge < -0.3 is 9.84 Å². The van der Waals surface area contributed by atoms with Gasteiger partial charge in [-0.25, -0.2) is 0 Å². The molecule has 3 aliphatic rings. The highest BCUT2D eigenvalue weighted by atomic mass is 19.4. The highest BCUT2D eigenvalue weighted by Gasteiger charge is 2.71. The Morgan fingerprint density at radius 3 is 2.03 bits per heavy atom. The van der Waals surface area contributed by atoms with Gasteiger partial charge in [0.2, 0.25) is 0 Å². The molecule has 180 valence electrons. The molecule has 1 N–H and O–H groups in total. The Morgan fingerprint density at radius 1 is 1.03 bits per heavy atom. The summed E-state index contributed by atoms with van der Waals surface area (Å²) in [7, 11) is 0. The number of rotatable bonds is 5. The molecule has 3 fully saturated rings. The maximum atomic E-state index is 13.3. The van der Waals surface area contributed by atoms with E-state index in [1.807, 2.05) is 6.92 Å². The van der Waals surface area contributed by atoms with Gasteiger partial charge in [-0.2, -0.15) is 26.3 Å². The second-order valence-electron chi connectivity index (χ2n) is 10.3. The van der Waals surface area contributed by atoms with Crippen molar-refractivity contribution in [1.29, 1.82) is 0 Å². The Morgan fingerprint density at radius 2 is 1.58 bits per heavy atom. The van der Waals surface area contributed by atoms with E-state index in [2.05, 4.69) is 6.92 Å². The Bertz CT molecular complexity index is 653. The molecule has 9 heteroatoms. The topological polar surface area (TPSA) is 46.5 Å². The van der Waals surface area contributed by atoms with Crippen LogP contribution in [-0.2, 0) is 9.53 Å². The molecule has 3 saturated carbocycles. The smallest absolute Gasteiger partial charge is 0.426 e. The van der Waals surface area contributed by atoms with Gasteiger partial charge in [-0.3, -0.25) is 4.79 Å². The first-order valence-corrected chi connectivity index (χ1v) is 11.2. The standard InChI is InChI=1S/C22H32F6O3/c1-12-13(2)16-9-15(12)10-19(16,3)18(29)31-17(14-7-5-4-6-8-14)11-20(30,21(23,24)25)22(26,27)28/h12-17,30H,4-11H2,1-3H3. The zero-order chi connectivity index (χ0) is 23.4. The molecule has 3 nitrogen and oxygen atoms in total. The lowest BCUT2D eigenvalue weighted by Crippen LogP contribution is -2.59. The lowest BCUT2D eigenvalue weighted by Gasteiger charge is -2.42. The zero-order valence-electron chi connectivity index (χ0n) is 18.2. The average molecular weight is 458 g/mol. The van der Waals surface area contributed by atoms with Crippen molar-refractivity contribution < 1.29 is 41.0 Å². The van der Waals surface area contributed by atoms with Crippen LogP contribution in [0.15, 0.2) is 0 Å². The van der Waals surface area contributed by atoms with Crippen molar-refractivity contribution in [3.8, 4) is 0 Å². The van der Waals surface area contributed by atoms with Gasteiger partial charge in [0.25, 0.3) is 5.60 Å². The van der Waals surface area contributed by atoms with Crippen molar-refractivity contribution in [2.24, 2.45) is 35.0 Å². The minimum Gasteiger partial charge on any atom is -0.462 e. The number of carbonyl (C=O) groups excluding carboxylic acids is 1. The van der Waals surface area contributed by atoms with Crippen LogP contribution in [-0.4, -0.2) is 35.1 Å². The van der Waals surface area contributed by atoms with Gasteiger partial charge in [0, 0.05) is 6.42 Å². The molecule has 0 spiro atoms. The third kappa shape index (κ3) is 4.20. The highest BCUT2D eigenvalue weighted by Crippen LogP contribution is 2.61. The van der Waals surface area contributed by atoms with Gasteiger partial charge >= 0.3 is 18.3 Å². The van der Waals surface area contributed by atoms with Crippen LogP contribution in [0.4, 0.5) is 26.3 Å². The predicted octanol–water partition coefficient (Wildman–Crippen LogP) is 6.04. The number of alkyl halides is 6. The molecule has 0 saturated heterocycles. The third-order valence-corrected chi connectivity index (χ3v) is 8.60. The lowest BCUT2D eigenvalue weighted by molar-refractivity contribution is -0.375. The number of halogens is 6. The number of hydrogen-bond acceptors (Lipinski definition) is 3. The molecule has 31 heavy (non-hydrogen) atoms. The van der Waals surface area contributed by atoms with Crippen LogP contribution in [0, 0.1) is 35.0 Å². The van der Waals surface area contributed by atoms with Gasteiger partial charge in [-0.15, -0.1) is 0 Å². The van der Waals surface area contributed by atoms with E-state index in [0.717, 1.165) is 12.8 Å². The molecule has 0 heterocycles. The summed E-state index contributed by atoms with van der Waals surface area (Å²) in [4.78, 5) is 13.2. The van der Waals surface area contributed by atoms with E-state index in [-0.39, 0.29) is 11.8 Å². The fraction of sp³-hybridized carbons (Fsp3) is 0.955. The number of carbonyl (C=O) groups is 1. The lowest BCUT2D eigenvalue weighted by atomic mass is 9.66. The molecule has 6 unspecified atom stereocenters. The first kappa shape index (κ1) is 24.6. The molecule has 6 atom stereocenters. The zero-order valence-corrected chi connectivity index (χ0v) is 18.2. The van der Waals surface area contributed by atoms with Crippen molar-refractivity contribution in [2.75, 3.05) is 0 Å². The summed E-state index contributed by atoms with van der Waals surface area (Å²) in [5.41, 5.74) is -5.84. The fourth-order valence-corrected chi connectivity index (χ4v) is 6.36.